The van der Waals surface area contributed by atoms with Crippen molar-refractivity contribution in [2.75, 3.05) is 5.32 Å². The van der Waals surface area contributed by atoms with E-state index in [1.165, 1.54) is 6.92 Å². The second-order valence-electron chi connectivity index (χ2n) is 5.19. The zero-order valence-electron chi connectivity index (χ0n) is 13.8. The Morgan fingerprint density at radius 2 is 1.96 bits per heavy atom. The Balaban J connectivity index is 1.70. The van der Waals surface area contributed by atoms with Gasteiger partial charge in [0.2, 0.25) is 27.2 Å². The van der Waals surface area contributed by atoms with Crippen LogP contribution in [0.1, 0.15) is 18.4 Å². The number of anilines is 1. The van der Waals surface area contributed by atoms with E-state index in [1.807, 2.05) is 31.2 Å². The Morgan fingerprint density at radius 3 is 2.69 bits per heavy atom. The molecule has 2 N–H and O–H groups in total. The van der Waals surface area contributed by atoms with Gasteiger partial charge < -0.3 is 9.73 Å². The first-order valence-corrected chi connectivity index (χ1v) is 9.64. The lowest BCUT2D eigenvalue weighted by Gasteiger charge is -2.00. The lowest BCUT2D eigenvalue weighted by molar-refractivity contribution is -0.114. The summed E-state index contributed by atoms with van der Waals surface area (Å²) in [5, 5.41) is 17.4. The number of hydrogen-bond acceptors (Lipinski definition) is 9. The van der Waals surface area contributed by atoms with Crippen LogP contribution in [0.4, 0.5) is 5.13 Å². The van der Waals surface area contributed by atoms with Gasteiger partial charge in [0.05, 0.1) is 6.54 Å². The van der Waals surface area contributed by atoms with Crippen LogP contribution in [0.2, 0.25) is 0 Å². The average Bonchev–Trinajstić information content (AvgIpc) is 3.23. The number of carbonyl (C=O) groups is 1. The molecule has 0 atom stereocenters. The van der Waals surface area contributed by atoms with Gasteiger partial charge >= 0.3 is 0 Å². The fourth-order valence-electron chi connectivity index (χ4n) is 1.98. The largest absolute Gasteiger partial charge is 0.419 e. The van der Waals surface area contributed by atoms with E-state index in [2.05, 4.69) is 30.4 Å². The van der Waals surface area contributed by atoms with Crippen LogP contribution < -0.4 is 10.0 Å². The molecular formula is C14H14N6O4S2. The molecule has 0 saturated carbocycles. The maximum atomic E-state index is 12.2. The van der Waals surface area contributed by atoms with Crippen molar-refractivity contribution in [2.45, 2.75) is 24.7 Å². The van der Waals surface area contributed by atoms with E-state index in [1.54, 1.807) is 0 Å². The highest BCUT2D eigenvalue weighted by Gasteiger charge is 2.21. The van der Waals surface area contributed by atoms with Gasteiger partial charge in [0, 0.05) is 12.5 Å². The maximum absolute atomic E-state index is 12.2. The van der Waals surface area contributed by atoms with Gasteiger partial charge in [0.15, 0.2) is 0 Å². The van der Waals surface area contributed by atoms with E-state index in [4.69, 9.17) is 4.42 Å². The Morgan fingerprint density at radius 1 is 1.19 bits per heavy atom. The van der Waals surface area contributed by atoms with Gasteiger partial charge in [-0.15, -0.1) is 20.4 Å². The third-order valence-corrected chi connectivity index (χ3v) is 5.78. The lowest BCUT2D eigenvalue weighted by Crippen LogP contribution is -2.23. The molecule has 136 valence electrons. The normalized spacial score (nSPS) is 11.5. The van der Waals surface area contributed by atoms with Crippen molar-refractivity contribution in [1.29, 1.82) is 0 Å². The highest BCUT2D eigenvalue weighted by molar-refractivity contribution is 7.91. The highest BCUT2D eigenvalue weighted by atomic mass is 32.2. The summed E-state index contributed by atoms with van der Waals surface area (Å²) in [6.45, 7) is 3.00. The molecule has 3 rings (SSSR count). The Kier molecular flexibility index (Phi) is 5.06. The van der Waals surface area contributed by atoms with Crippen LogP contribution >= 0.6 is 11.3 Å². The smallest absolute Gasteiger partial charge is 0.270 e. The minimum absolute atomic E-state index is 0.0949. The van der Waals surface area contributed by atoms with E-state index in [-0.39, 0.29) is 27.8 Å². The van der Waals surface area contributed by atoms with Gasteiger partial charge in [0.25, 0.3) is 10.0 Å². The first-order valence-electron chi connectivity index (χ1n) is 7.34. The van der Waals surface area contributed by atoms with Gasteiger partial charge in [-0.3, -0.25) is 4.79 Å². The zero-order chi connectivity index (χ0) is 18.7. The molecule has 1 aromatic carbocycles. The van der Waals surface area contributed by atoms with Crippen molar-refractivity contribution in [3.05, 3.63) is 35.7 Å². The topological polar surface area (TPSA) is 140 Å². The molecule has 10 nitrogen and oxygen atoms in total. The fourth-order valence-corrected chi connectivity index (χ4v) is 3.95. The average molecular weight is 394 g/mol. The molecule has 2 heterocycles. The molecule has 0 radical (unpaired) electrons. The van der Waals surface area contributed by atoms with Crippen LogP contribution in [0, 0.1) is 6.92 Å². The summed E-state index contributed by atoms with van der Waals surface area (Å²) in [5.41, 5.74) is 1.74. The first kappa shape index (κ1) is 18.1. The van der Waals surface area contributed by atoms with Crippen LogP contribution in [-0.2, 0) is 21.4 Å². The molecule has 0 fully saturated rings. The van der Waals surface area contributed by atoms with Crippen LogP contribution in [0.15, 0.2) is 33.0 Å². The van der Waals surface area contributed by atoms with E-state index in [9.17, 15) is 13.2 Å². The molecular weight excluding hydrogens is 380 g/mol. The van der Waals surface area contributed by atoms with Gasteiger partial charge in [-0.2, -0.15) is 4.72 Å². The predicted octanol–water partition coefficient (Wildman–Crippen LogP) is 1.33. The zero-order valence-corrected chi connectivity index (χ0v) is 15.4. The second-order valence-corrected chi connectivity index (χ2v) is 8.11. The van der Waals surface area contributed by atoms with Gasteiger partial charge in [-0.25, -0.2) is 8.42 Å². The van der Waals surface area contributed by atoms with E-state index in [0.29, 0.717) is 5.89 Å². The molecule has 0 aliphatic rings. The summed E-state index contributed by atoms with van der Waals surface area (Å²) in [6, 6.07) is 7.48. The minimum atomic E-state index is -3.92. The first-order chi connectivity index (χ1) is 12.3. The van der Waals surface area contributed by atoms with E-state index in [0.717, 1.165) is 22.5 Å². The summed E-state index contributed by atoms with van der Waals surface area (Å²) in [4.78, 5) is 11.0. The van der Waals surface area contributed by atoms with Crippen molar-refractivity contribution >= 4 is 32.4 Å². The number of rotatable bonds is 6. The number of amides is 1. The van der Waals surface area contributed by atoms with Gasteiger partial charge in [0.1, 0.15) is 0 Å². The van der Waals surface area contributed by atoms with Gasteiger partial charge in [-0.1, -0.05) is 29.5 Å². The number of benzene rings is 1. The quantitative estimate of drug-likeness (QED) is 0.597. The molecule has 0 saturated heterocycles. The van der Waals surface area contributed by atoms with Crippen molar-refractivity contribution in [3.8, 4) is 11.5 Å². The number of sulfonamides is 1. The number of hydrogen-bond donors (Lipinski definition) is 2. The Bertz CT molecular complexity index is 1040. The minimum Gasteiger partial charge on any atom is -0.419 e. The molecule has 0 bridgehead atoms. The third-order valence-electron chi connectivity index (χ3n) is 3.18. The van der Waals surface area contributed by atoms with Crippen LogP contribution in [-0.4, -0.2) is 34.7 Å². The monoisotopic (exact) mass is 394 g/mol. The lowest BCUT2D eigenvalue weighted by atomic mass is 10.1. The van der Waals surface area contributed by atoms with Crippen LogP contribution in [0.25, 0.3) is 11.5 Å². The summed E-state index contributed by atoms with van der Waals surface area (Å²) in [7, 11) is -3.92. The molecule has 2 aromatic heterocycles. The number of nitrogens with one attached hydrogen (secondary N) is 2. The molecule has 0 aliphatic heterocycles. The number of aromatic nitrogens is 4. The van der Waals surface area contributed by atoms with Crippen LogP contribution in [0.5, 0.6) is 0 Å². The molecule has 0 unspecified atom stereocenters. The van der Waals surface area contributed by atoms with Crippen molar-refractivity contribution in [3.63, 3.8) is 0 Å². The summed E-state index contributed by atoms with van der Waals surface area (Å²) in [5.74, 6) is 0.0484. The molecule has 12 heteroatoms. The summed E-state index contributed by atoms with van der Waals surface area (Å²) >= 11 is 0.736. The van der Waals surface area contributed by atoms with E-state index >= 15 is 0 Å². The molecule has 26 heavy (non-hydrogen) atoms. The Hall–Kier alpha value is -2.70. The number of nitrogens with zero attached hydrogens (tertiary/aromatic N) is 4. The second kappa shape index (κ2) is 7.27. The molecule has 1 amide bonds. The highest BCUT2D eigenvalue weighted by Crippen LogP contribution is 2.22. The van der Waals surface area contributed by atoms with Gasteiger partial charge in [-0.05, 0) is 18.6 Å². The maximum Gasteiger partial charge on any atom is 0.270 e. The molecule has 3 aromatic rings. The van der Waals surface area contributed by atoms with E-state index < -0.39 is 10.0 Å². The standard InChI is InChI=1S/C14H14N6O4S2/c1-8-5-3-4-6-10(8)12-18-17-11(24-12)7-15-26(22,23)14-20-19-13(25-14)16-9(2)21/h3-6,15H,7H2,1-2H3,(H,16,19,21). The van der Waals surface area contributed by atoms with Crippen LogP contribution in [0.3, 0.4) is 0 Å². The number of carbonyl (C=O) groups excluding carboxylic acids is 1. The summed E-state index contributed by atoms with van der Waals surface area (Å²) < 4.78 is 32.0. The molecule has 0 spiro atoms. The SMILES string of the molecule is CC(=O)Nc1nnc(S(=O)(=O)NCc2nnc(-c3ccccc3C)o2)s1. The fraction of sp³-hybridized carbons (Fsp3) is 0.214. The van der Waals surface area contributed by atoms with Crippen molar-refractivity contribution in [2.24, 2.45) is 0 Å². The summed E-state index contributed by atoms with van der Waals surface area (Å²) in [6.07, 6.45) is 0. The predicted molar refractivity (Wildman–Crippen MR) is 92.7 cm³/mol. The number of aryl methyl sites for hydroxylation is 1. The van der Waals surface area contributed by atoms with Crippen molar-refractivity contribution in [1.82, 2.24) is 25.1 Å². The Labute approximate surface area is 152 Å². The van der Waals surface area contributed by atoms with Crippen molar-refractivity contribution < 1.29 is 17.6 Å². The third kappa shape index (κ3) is 4.09. The molecule has 0 aliphatic carbocycles.